The lowest BCUT2D eigenvalue weighted by molar-refractivity contribution is 0.0948. The van der Waals surface area contributed by atoms with Gasteiger partial charge in [-0.2, -0.15) is 0 Å². The molecule has 0 atom stereocenters. The van der Waals surface area contributed by atoms with Crippen LogP contribution in [0.25, 0.3) is 0 Å². The minimum atomic E-state index is -0.116. The van der Waals surface area contributed by atoms with Crippen LogP contribution in [0.15, 0.2) is 12.3 Å². The van der Waals surface area contributed by atoms with Gasteiger partial charge in [0, 0.05) is 18.8 Å². The fraction of sp³-hybridized carbons (Fsp3) is 0.688. The van der Waals surface area contributed by atoms with Gasteiger partial charge in [-0.15, -0.1) is 0 Å². The summed E-state index contributed by atoms with van der Waals surface area (Å²) in [5.41, 5.74) is 0.442. The van der Waals surface area contributed by atoms with Crippen LogP contribution < -0.4 is 10.6 Å². The van der Waals surface area contributed by atoms with E-state index in [9.17, 15) is 4.79 Å². The first kappa shape index (κ1) is 15.7. The Morgan fingerprint density at radius 2 is 2.05 bits per heavy atom. The number of hydrogen-bond donors (Lipinski definition) is 2. The zero-order valence-corrected chi connectivity index (χ0v) is 12.9. The molecule has 1 aromatic heterocycles. The molecule has 0 unspecified atom stereocenters. The minimum Gasteiger partial charge on any atom is -0.351 e. The number of carbonyl (C=O) groups excluding carboxylic acids is 1. The van der Waals surface area contributed by atoms with Crippen molar-refractivity contribution in [3.05, 3.63) is 18.0 Å². The molecule has 0 saturated heterocycles. The predicted molar refractivity (Wildman–Crippen MR) is 84.4 cm³/mol. The van der Waals surface area contributed by atoms with Crippen LogP contribution in [0.1, 0.15) is 68.8 Å². The summed E-state index contributed by atoms with van der Waals surface area (Å²) in [4.78, 5) is 20.6. The summed E-state index contributed by atoms with van der Waals surface area (Å²) >= 11 is 0. The average molecular weight is 290 g/mol. The lowest BCUT2D eigenvalue weighted by Gasteiger charge is -2.16. The molecular weight excluding hydrogens is 264 g/mol. The SMILES string of the molecule is CCCCNC(=O)c1ccnc(NC2CCCCCC2)n1. The maximum Gasteiger partial charge on any atom is 0.270 e. The van der Waals surface area contributed by atoms with Crippen LogP contribution in [0.5, 0.6) is 0 Å². The second-order valence-corrected chi connectivity index (χ2v) is 5.71. The van der Waals surface area contributed by atoms with E-state index in [1.807, 2.05) is 0 Å². The van der Waals surface area contributed by atoms with Crippen molar-refractivity contribution in [1.29, 1.82) is 0 Å². The maximum absolute atomic E-state index is 12.0. The molecule has 21 heavy (non-hydrogen) atoms. The molecule has 0 aliphatic heterocycles. The average Bonchev–Trinajstić information content (AvgIpc) is 2.76. The van der Waals surface area contributed by atoms with Gasteiger partial charge in [-0.3, -0.25) is 4.79 Å². The van der Waals surface area contributed by atoms with Crippen molar-refractivity contribution in [3.63, 3.8) is 0 Å². The van der Waals surface area contributed by atoms with Crippen molar-refractivity contribution in [2.24, 2.45) is 0 Å². The van der Waals surface area contributed by atoms with Crippen molar-refractivity contribution in [2.75, 3.05) is 11.9 Å². The molecular formula is C16H26N4O. The topological polar surface area (TPSA) is 66.9 Å². The normalized spacial score (nSPS) is 16.2. The highest BCUT2D eigenvalue weighted by molar-refractivity contribution is 5.92. The summed E-state index contributed by atoms with van der Waals surface area (Å²) in [6.45, 7) is 2.80. The van der Waals surface area contributed by atoms with Crippen molar-refractivity contribution in [2.45, 2.75) is 64.3 Å². The molecule has 1 saturated carbocycles. The highest BCUT2D eigenvalue weighted by Crippen LogP contribution is 2.19. The monoisotopic (exact) mass is 290 g/mol. The van der Waals surface area contributed by atoms with E-state index in [0.717, 1.165) is 25.7 Å². The lowest BCUT2D eigenvalue weighted by Crippen LogP contribution is -2.26. The van der Waals surface area contributed by atoms with Crippen LogP contribution in [-0.2, 0) is 0 Å². The lowest BCUT2D eigenvalue weighted by atomic mass is 10.1. The van der Waals surface area contributed by atoms with Crippen molar-refractivity contribution in [1.82, 2.24) is 15.3 Å². The van der Waals surface area contributed by atoms with Crippen LogP contribution in [0.2, 0.25) is 0 Å². The Morgan fingerprint density at radius 3 is 2.76 bits per heavy atom. The number of unbranched alkanes of at least 4 members (excludes halogenated alkanes) is 1. The molecule has 5 nitrogen and oxygen atoms in total. The molecule has 0 radical (unpaired) electrons. The largest absolute Gasteiger partial charge is 0.351 e. The van der Waals surface area contributed by atoms with Crippen molar-refractivity contribution >= 4 is 11.9 Å². The van der Waals surface area contributed by atoms with Crippen LogP contribution in [0.3, 0.4) is 0 Å². The fourth-order valence-electron chi connectivity index (χ4n) is 2.63. The third-order valence-corrected chi connectivity index (χ3v) is 3.89. The predicted octanol–water partition coefficient (Wildman–Crippen LogP) is 3.14. The van der Waals surface area contributed by atoms with E-state index in [0.29, 0.717) is 24.2 Å². The van der Waals surface area contributed by atoms with Crippen molar-refractivity contribution < 1.29 is 4.79 Å². The van der Waals surface area contributed by atoms with Gasteiger partial charge in [0.1, 0.15) is 5.69 Å². The van der Waals surface area contributed by atoms with Gasteiger partial charge in [0.05, 0.1) is 0 Å². The van der Waals surface area contributed by atoms with Crippen molar-refractivity contribution in [3.8, 4) is 0 Å². The molecule has 0 spiro atoms. The molecule has 1 aromatic rings. The number of aromatic nitrogens is 2. The van der Waals surface area contributed by atoms with Crippen LogP contribution in [-0.4, -0.2) is 28.5 Å². The van der Waals surface area contributed by atoms with Gasteiger partial charge in [0.2, 0.25) is 5.95 Å². The molecule has 1 amide bonds. The summed E-state index contributed by atoms with van der Waals surface area (Å²) in [5, 5.41) is 6.26. The van der Waals surface area contributed by atoms with Crippen LogP contribution in [0.4, 0.5) is 5.95 Å². The standard InChI is InChI=1S/C16H26N4O/c1-2-3-11-17-15(21)14-10-12-18-16(20-14)19-13-8-6-4-5-7-9-13/h10,12-13H,2-9,11H2,1H3,(H,17,21)(H,18,19,20). The number of nitrogens with one attached hydrogen (secondary N) is 2. The Kier molecular flexibility index (Phi) is 6.44. The Balaban J connectivity index is 1.91. The molecule has 5 heteroatoms. The van der Waals surface area contributed by atoms with E-state index in [4.69, 9.17) is 0 Å². The van der Waals surface area contributed by atoms with E-state index < -0.39 is 0 Å². The number of anilines is 1. The van der Waals surface area contributed by atoms with Gasteiger partial charge in [0.15, 0.2) is 0 Å². The smallest absolute Gasteiger partial charge is 0.270 e. The minimum absolute atomic E-state index is 0.116. The molecule has 1 aliphatic carbocycles. The summed E-state index contributed by atoms with van der Waals surface area (Å²) in [7, 11) is 0. The molecule has 0 aromatic carbocycles. The first-order valence-corrected chi connectivity index (χ1v) is 8.17. The van der Waals surface area contributed by atoms with E-state index in [1.165, 1.54) is 25.7 Å². The zero-order valence-electron chi connectivity index (χ0n) is 12.9. The first-order chi connectivity index (χ1) is 10.3. The summed E-state index contributed by atoms with van der Waals surface area (Å²) in [5.74, 6) is 0.458. The molecule has 116 valence electrons. The third kappa shape index (κ3) is 5.33. The second-order valence-electron chi connectivity index (χ2n) is 5.71. The van der Waals surface area contributed by atoms with Gasteiger partial charge in [-0.1, -0.05) is 39.0 Å². The molecule has 1 fully saturated rings. The quantitative estimate of drug-likeness (QED) is 0.624. The number of amides is 1. The molecule has 2 rings (SSSR count). The van der Waals surface area contributed by atoms with Crippen LogP contribution in [0, 0.1) is 0 Å². The first-order valence-electron chi connectivity index (χ1n) is 8.17. The van der Waals surface area contributed by atoms with E-state index in [-0.39, 0.29) is 5.91 Å². The zero-order chi connectivity index (χ0) is 14.9. The summed E-state index contributed by atoms with van der Waals surface area (Å²) < 4.78 is 0. The third-order valence-electron chi connectivity index (χ3n) is 3.89. The fourth-order valence-corrected chi connectivity index (χ4v) is 2.63. The summed E-state index contributed by atoms with van der Waals surface area (Å²) in [6.07, 6.45) is 11.2. The van der Waals surface area contributed by atoms with Gasteiger partial charge in [0.25, 0.3) is 5.91 Å². The maximum atomic E-state index is 12.0. The number of nitrogens with zero attached hydrogens (tertiary/aromatic N) is 2. The molecule has 0 bridgehead atoms. The molecule has 1 aliphatic rings. The number of hydrogen-bond acceptors (Lipinski definition) is 4. The van der Waals surface area contributed by atoms with E-state index in [2.05, 4.69) is 27.5 Å². The second kappa shape index (κ2) is 8.60. The van der Waals surface area contributed by atoms with Gasteiger partial charge in [-0.05, 0) is 25.3 Å². The Hall–Kier alpha value is -1.65. The van der Waals surface area contributed by atoms with Crippen LogP contribution >= 0.6 is 0 Å². The van der Waals surface area contributed by atoms with Gasteiger partial charge in [-0.25, -0.2) is 9.97 Å². The molecule has 1 heterocycles. The van der Waals surface area contributed by atoms with Gasteiger partial charge < -0.3 is 10.6 Å². The van der Waals surface area contributed by atoms with Gasteiger partial charge >= 0.3 is 0 Å². The summed E-state index contributed by atoms with van der Waals surface area (Å²) in [6, 6.07) is 2.10. The Morgan fingerprint density at radius 1 is 1.29 bits per heavy atom. The van der Waals surface area contributed by atoms with E-state index in [1.54, 1.807) is 12.3 Å². The number of rotatable bonds is 6. The highest BCUT2D eigenvalue weighted by atomic mass is 16.1. The Labute approximate surface area is 127 Å². The Bertz CT molecular complexity index is 442. The molecule has 2 N–H and O–H groups in total. The number of carbonyl (C=O) groups is 1. The highest BCUT2D eigenvalue weighted by Gasteiger charge is 2.14. The van der Waals surface area contributed by atoms with E-state index >= 15 is 0 Å².